The summed E-state index contributed by atoms with van der Waals surface area (Å²) in [4.78, 5) is 13.4. The van der Waals surface area contributed by atoms with Crippen LogP contribution in [0.5, 0.6) is 5.75 Å². The van der Waals surface area contributed by atoms with Gasteiger partial charge in [-0.25, -0.2) is 4.79 Å². The Hall–Kier alpha value is -4.57. The zero-order valence-corrected chi connectivity index (χ0v) is 22.1. The molecule has 5 aromatic rings. The first-order valence-electron chi connectivity index (χ1n) is 13.4. The van der Waals surface area contributed by atoms with Crippen molar-refractivity contribution in [3.05, 3.63) is 137 Å². The molecule has 39 heavy (non-hydrogen) atoms. The van der Waals surface area contributed by atoms with Gasteiger partial charge in [-0.2, -0.15) is 0 Å². The summed E-state index contributed by atoms with van der Waals surface area (Å²) < 4.78 is 16.9. The van der Waals surface area contributed by atoms with E-state index in [9.17, 15) is 4.79 Å². The largest absolute Gasteiger partial charge is 0.494 e. The van der Waals surface area contributed by atoms with Crippen molar-refractivity contribution in [3.8, 4) is 5.75 Å². The summed E-state index contributed by atoms with van der Waals surface area (Å²) in [6.45, 7) is 2.87. The molecule has 0 bridgehead atoms. The van der Waals surface area contributed by atoms with E-state index in [0.717, 1.165) is 58.0 Å². The van der Waals surface area contributed by atoms with Gasteiger partial charge in [0.15, 0.2) is 0 Å². The fourth-order valence-corrected chi connectivity index (χ4v) is 4.68. The lowest BCUT2D eigenvalue weighted by Gasteiger charge is -2.17. The molecule has 1 heterocycles. The number of furan rings is 1. The highest BCUT2D eigenvalue weighted by Crippen LogP contribution is 2.34. The van der Waals surface area contributed by atoms with Crippen LogP contribution >= 0.6 is 0 Å². The van der Waals surface area contributed by atoms with Crippen molar-refractivity contribution in [1.82, 2.24) is 0 Å². The highest BCUT2D eigenvalue weighted by Gasteiger charge is 2.19. The van der Waals surface area contributed by atoms with Gasteiger partial charge in [0.2, 0.25) is 0 Å². The molecule has 0 saturated carbocycles. The molecule has 0 saturated heterocycles. The maximum Gasteiger partial charge on any atom is 0.339 e. The van der Waals surface area contributed by atoms with E-state index in [1.165, 1.54) is 5.56 Å². The van der Waals surface area contributed by atoms with E-state index in [1.54, 1.807) is 18.6 Å². The molecule has 0 radical (unpaired) electrons. The summed E-state index contributed by atoms with van der Waals surface area (Å²) >= 11 is 0. The molecular weight excluding hydrogens is 484 g/mol. The number of hydrogen-bond acceptors (Lipinski definition) is 4. The summed E-state index contributed by atoms with van der Waals surface area (Å²) in [6.07, 6.45) is 7.87. The van der Waals surface area contributed by atoms with Gasteiger partial charge in [-0.1, -0.05) is 85.8 Å². The van der Waals surface area contributed by atoms with E-state index >= 15 is 0 Å². The monoisotopic (exact) mass is 516 g/mol. The Bertz CT molecular complexity index is 1530. The van der Waals surface area contributed by atoms with Crippen molar-refractivity contribution < 1.29 is 18.7 Å². The minimum Gasteiger partial charge on any atom is -0.494 e. The second kappa shape index (κ2) is 12.8. The van der Waals surface area contributed by atoms with Gasteiger partial charge in [-0.3, -0.25) is 0 Å². The molecule has 4 heteroatoms. The second-order valence-corrected chi connectivity index (χ2v) is 9.45. The number of carbonyl (C=O) groups excluding carboxylic acids is 1. The van der Waals surface area contributed by atoms with Crippen molar-refractivity contribution in [2.24, 2.45) is 0 Å². The molecule has 0 spiro atoms. The summed E-state index contributed by atoms with van der Waals surface area (Å²) in [6, 6.07) is 32.3. The van der Waals surface area contributed by atoms with E-state index < -0.39 is 0 Å². The zero-order chi connectivity index (χ0) is 26.9. The minimum atomic E-state index is -0.358. The molecule has 0 unspecified atom stereocenters. The molecule has 4 aromatic carbocycles. The summed E-state index contributed by atoms with van der Waals surface area (Å²) in [7, 11) is 0. The lowest BCUT2D eigenvalue weighted by Crippen LogP contribution is -2.09. The number of esters is 1. The van der Waals surface area contributed by atoms with Gasteiger partial charge in [0.05, 0.1) is 24.7 Å². The lowest BCUT2D eigenvalue weighted by atomic mass is 9.89. The van der Waals surface area contributed by atoms with E-state index in [2.05, 4.69) is 49.4 Å². The van der Waals surface area contributed by atoms with Crippen molar-refractivity contribution >= 4 is 28.4 Å². The molecule has 4 nitrogen and oxygen atoms in total. The van der Waals surface area contributed by atoms with Crippen LogP contribution in [0.2, 0.25) is 0 Å². The SMILES string of the molecule is CCc1ccc(OCCC/C(=C/c2ccccc2)c2c(C(=O)OCc3ccoc3)ccc3ccccc23)cc1. The molecule has 0 amide bonds. The Balaban J connectivity index is 1.45. The van der Waals surface area contributed by atoms with Crippen molar-refractivity contribution in [3.63, 3.8) is 0 Å². The fourth-order valence-electron chi connectivity index (χ4n) is 4.68. The van der Waals surface area contributed by atoms with E-state index in [-0.39, 0.29) is 12.6 Å². The second-order valence-electron chi connectivity index (χ2n) is 9.45. The molecule has 0 aliphatic heterocycles. The number of fused-ring (bicyclic) bond motifs is 1. The fraction of sp³-hybridized carbons (Fsp3) is 0.171. The third-order valence-electron chi connectivity index (χ3n) is 6.75. The van der Waals surface area contributed by atoms with Crippen LogP contribution in [-0.4, -0.2) is 12.6 Å². The molecule has 0 aliphatic carbocycles. The van der Waals surface area contributed by atoms with Crippen molar-refractivity contribution in [1.29, 1.82) is 0 Å². The van der Waals surface area contributed by atoms with E-state index in [1.807, 2.05) is 54.6 Å². The molecule has 0 fully saturated rings. The Morgan fingerprint density at radius 1 is 0.846 bits per heavy atom. The standard InChI is InChI=1S/C35H32O4/c1-2-26-14-17-31(18-15-26)38-21-8-12-30(23-27-9-4-3-5-10-27)34-32-13-7-6-11-29(32)16-19-33(34)35(36)39-25-28-20-22-37-24-28/h3-7,9-11,13-20,22-24H,2,8,12,21,25H2,1H3/b30-23-. The Morgan fingerprint density at radius 3 is 2.41 bits per heavy atom. The third-order valence-corrected chi connectivity index (χ3v) is 6.75. The quantitative estimate of drug-likeness (QED) is 0.100. The minimum absolute atomic E-state index is 0.157. The first kappa shape index (κ1) is 26.1. The van der Waals surface area contributed by atoms with Crippen molar-refractivity contribution in [2.45, 2.75) is 32.8 Å². The summed E-state index contributed by atoms with van der Waals surface area (Å²) in [5.74, 6) is 0.512. The lowest BCUT2D eigenvalue weighted by molar-refractivity contribution is 0.0472. The number of benzene rings is 4. The molecular formula is C35H32O4. The third kappa shape index (κ3) is 6.66. The number of rotatable bonds is 11. The van der Waals surface area contributed by atoms with Crippen LogP contribution < -0.4 is 4.74 Å². The Morgan fingerprint density at radius 2 is 1.64 bits per heavy atom. The van der Waals surface area contributed by atoms with Crippen LogP contribution in [0, 0.1) is 0 Å². The van der Waals surface area contributed by atoms with Gasteiger partial charge in [0.25, 0.3) is 0 Å². The van der Waals surface area contributed by atoms with Gasteiger partial charge >= 0.3 is 5.97 Å². The number of ether oxygens (including phenoxy) is 2. The smallest absolute Gasteiger partial charge is 0.339 e. The van der Waals surface area contributed by atoms with Crippen molar-refractivity contribution in [2.75, 3.05) is 6.61 Å². The highest BCUT2D eigenvalue weighted by atomic mass is 16.5. The molecule has 196 valence electrons. The van der Waals surface area contributed by atoms with Gasteiger partial charge in [0, 0.05) is 5.56 Å². The van der Waals surface area contributed by atoms with Crippen LogP contribution in [0.4, 0.5) is 0 Å². The molecule has 0 N–H and O–H groups in total. The maximum absolute atomic E-state index is 13.4. The topological polar surface area (TPSA) is 48.7 Å². The number of hydrogen-bond donors (Lipinski definition) is 0. The number of carbonyl (C=O) groups is 1. The first-order chi connectivity index (χ1) is 19.2. The molecule has 5 rings (SSSR count). The Labute approximate surface area is 229 Å². The van der Waals surface area contributed by atoms with Crippen LogP contribution in [0.1, 0.15) is 52.4 Å². The zero-order valence-electron chi connectivity index (χ0n) is 22.1. The van der Waals surface area contributed by atoms with E-state index in [0.29, 0.717) is 12.2 Å². The van der Waals surface area contributed by atoms with Gasteiger partial charge in [0.1, 0.15) is 12.4 Å². The van der Waals surface area contributed by atoms with E-state index in [4.69, 9.17) is 13.9 Å². The van der Waals surface area contributed by atoms with Gasteiger partial charge in [-0.15, -0.1) is 0 Å². The Kier molecular flexibility index (Phi) is 8.54. The predicted octanol–water partition coefficient (Wildman–Crippen LogP) is 8.75. The first-order valence-corrected chi connectivity index (χ1v) is 13.4. The van der Waals surface area contributed by atoms with Crippen LogP contribution in [0.15, 0.2) is 114 Å². The van der Waals surface area contributed by atoms with Gasteiger partial charge in [-0.05, 0) is 76.6 Å². The molecule has 0 atom stereocenters. The average molecular weight is 517 g/mol. The highest BCUT2D eigenvalue weighted by molar-refractivity contribution is 6.07. The predicted molar refractivity (Wildman–Crippen MR) is 157 cm³/mol. The van der Waals surface area contributed by atoms with Crippen LogP contribution in [-0.2, 0) is 17.8 Å². The van der Waals surface area contributed by atoms with Gasteiger partial charge < -0.3 is 13.9 Å². The normalized spacial score (nSPS) is 11.5. The summed E-state index contributed by atoms with van der Waals surface area (Å²) in [5, 5.41) is 2.10. The molecule has 1 aromatic heterocycles. The molecule has 0 aliphatic rings. The maximum atomic E-state index is 13.4. The van der Waals surface area contributed by atoms with Crippen LogP contribution in [0.25, 0.3) is 22.4 Å². The van der Waals surface area contributed by atoms with Crippen LogP contribution in [0.3, 0.4) is 0 Å². The number of allylic oxidation sites excluding steroid dienone is 1. The number of aryl methyl sites for hydroxylation is 1. The summed E-state index contributed by atoms with van der Waals surface area (Å²) in [5.41, 5.74) is 5.71. The average Bonchev–Trinajstić information content (AvgIpc) is 3.51.